The van der Waals surface area contributed by atoms with E-state index in [1.165, 1.54) is 19.3 Å². The van der Waals surface area contributed by atoms with Crippen LogP contribution in [-0.2, 0) is 6.42 Å². The van der Waals surface area contributed by atoms with Gasteiger partial charge in [0, 0.05) is 26.6 Å². The summed E-state index contributed by atoms with van der Waals surface area (Å²) in [6.45, 7) is 2.05. The predicted octanol–water partition coefficient (Wildman–Crippen LogP) is 2.03. The number of ketones is 1. The molecular formula is C14H20N4O. The maximum atomic E-state index is 12.0. The summed E-state index contributed by atoms with van der Waals surface area (Å²) < 4.78 is 0. The van der Waals surface area contributed by atoms with Crippen LogP contribution in [0.1, 0.15) is 48.2 Å². The number of aromatic nitrogens is 2. The van der Waals surface area contributed by atoms with Crippen LogP contribution in [0.4, 0.5) is 11.8 Å². The molecule has 5 heteroatoms. The first-order valence-corrected chi connectivity index (χ1v) is 7.16. The van der Waals surface area contributed by atoms with Crippen LogP contribution in [0.2, 0.25) is 0 Å². The maximum absolute atomic E-state index is 12.0. The summed E-state index contributed by atoms with van der Waals surface area (Å²) in [6, 6.07) is 0. The van der Waals surface area contributed by atoms with Crippen LogP contribution in [0.25, 0.3) is 0 Å². The van der Waals surface area contributed by atoms with Gasteiger partial charge in [0.2, 0.25) is 5.95 Å². The van der Waals surface area contributed by atoms with Crippen LogP contribution in [0, 0.1) is 0 Å². The number of Topliss-reactive ketones (excluding diaryl/α,β-unsaturated/α-hetero) is 1. The third-order valence-electron chi connectivity index (χ3n) is 3.94. The summed E-state index contributed by atoms with van der Waals surface area (Å²) in [5.41, 5.74) is 1.64. The second-order valence-corrected chi connectivity index (χ2v) is 5.27. The summed E-state index contributed by atoms with van der Waals surface area (Å²) in [6.07, 6.45) is 6.11. The number of anilines is 2. The second-order valence-electron chi connectivity index (χ2n) is 5.27. The maximum Gasteiger partial charge on any atom is 0.227 e. The summed E-state index contributed by atoms with van der Waals surface area (Å²) in [7, 11) is 1.82. The van der Waals surface area contributed by atoms with E-state index >= 15 is 0 Å². The molecule has 3 rings (SSSR count). The molecule has 1 fully saturated rings. The van der Waals surface area contributed by atoms with Crippen LogP contribution < -0.4 is 10.2 Å². The molecule has 1 aromatic heterocycles. The zero-order valence-electron chi connectivity index (χ0n) is 11.4. The summed E-state index contributed by atoms with van der Waals surface area (Å²) in [4.78, 5) is 23.5. The molecule has 0 radical (unpaired) electrons. The van der Waals surface area contributed by atoms with Crippen LogP contribution in [0.15, 0.2) is 0 Å². The lowest BCUT2D eigenvalue weighted by molar-refractivity contribution is 0.0972. The third kappa shape index (κ3) is 2.29. The smallest absolute Gasteiger partial charge is 0.227 e. The molecule has 0 amide bonds. The van der Waals surface area contributed by atoms with Crippen molar-refractivity contribution in [2.45, 2.75) is 38.5 Å². The molecule has 2 aliphatic rings. The number of nitrogens with zero attached hydrogens (tertiary/aromatic N) is 3. The molecule has 5 nitrogen and oxygen atoms in total. The fraction of sp³-hybridized carbons (Fsp3) is 0.643. The number of piperidine rings is 1. The minimum absolute atomic E-state index is 0.177. The average molecular weight is 260 g/mol. The van der Waals surface area contributed by atoms with E-state index in [-0.39, 0.29) is 5.78 Å². The van der Waals surface area contributed by atoms with Crippen LogP contribution in [0.3, 0.4) is 0 Å². The molecule has 0 unspecified atom stereocenters. The summed E-state index contributed by atoms with van der Waals surface area (Å²) in [5, 5.41) is 3.07. The zero-order chi connectivity index (χ0) is 13.2. The van der Waals surface area contributed by atoms with Crippen molar-refractivity contribution in [1.29, 1.82) is 0 Å². The van der Waals surface area contributed by atoms with Crippen LogP contribution in [0.5, 0.6) is 0 Å². The summed E-state index contributed by atoms with van der Waals surface area (Å²) >= 11 is 0. The van der Waals surface area contributed by atoms with Crippen LogP contribution >= 0.6 is 0 Å². The first-order chi connectivity index (χ1) is 9.29. The fourth-order valence-corrected chi connectivity index (χ4v) is 2.93. The number of rotatable bonds is 2. The van der Waals surface area contributed by atoms with E-state index in [2.05, 4.69) is 20.2 Å². The molecule has 1 aromatic rings. The number of fused-ring (bicyclic) bond motifs is 1. The first kappa shape index (κ1) is 12.4. The van der Waals surface area contributed by atoms with Gasteiger partial charge in [0.25, 0.3) is 0 Å². The topological polar surface area (TPSA) is 58.1 Å². The van der Waals surface area contributed by atoms with E-state index in [0.717, 1.165) is 43.1 Å². The molecule has 1 N–H and O–H groups in total. The Balaban J connectivity index is 2.00. The average Bonchev–Trinajstić information content (AvgIpc) is 2.47. The Bertz CT molecular complexity index is 477. The van der Waals surface area contributed by atoms with Crippen molar-refractivity contribution in [2.75, 3.05) is 30.4 Å². The number of nitrogens with one attached hydrogen (secondary N) is 1. The predicted molar refractivity (Wildman–Crippen MR) is 74.9 cm³/mol. The highest BCUT2D eigenvalue weighted by molar-refractivity contribution is 6.02. The van der Waals surface area contributed by atoms with Gasteiger partial charge < -0.3 is 10.2 Å². The molecule has 19 heavy (non-hydrogen) atoms. The first-order valence-electron chi connectivity index (χ1n) is 7.16. The number of aryl methyl sites for hydroxylation is 1. The summed E-state index contributed by atoms with van der Waals surface area (Å²) in [5.74, 6) is 1.67. The Morgan fingerprint density at radius 3 is 2.58 bits per heavy atom. The Kier molecular flexibility index (Phi) is 3.36. The van der Waals surface area contributed by atoms with Gasteiger partial charge >= 0.3 is 0 Å². The lowest BCUT2D eigenvalue weighted by Gasteiger charge is -2.28. The lowest BCUT2D eigenvalue weighted by Crippen LogP contribution is -2.32. The molecule has 0 saturated carbocycles. The SMILES string of the molecule is CNc1nc(N2CCCCC2)nc2c1C(=O)CCC2. The van der Waals surface area contributed by atoms with Crippen molar-refractivity contribution < 1.29 is 4.79 Å². The van der Waals surface area contributed by atoms with E-state index in [9.17, 15) is 4.79 Å². The monoisotopic (exact) mass is 260 g/mol. The zero-order valence-corrected chi connectivity index (χ0v) is 11.4. The molecule has 0 atom stereocenters. The normalized spacial score (nSPS) is 19.2. The third-order valence-corrected chi connectivity index (χ3v) is 3.94. The van der Waals surface area contributed by atoms with E-state index in [1.807, 2.05) is 7.05 Å². The van der Waals surface area contributed by atoms with Crippen molar-refractivity contribution in [3.63, 3.8) is 0 Å². The number of carbonyl (C=O) groups excluding carboxylic acids is 1. The van der Waals surface area contributed by atoms with Crippen molar-refractivity contribution in [2.24, 2.45) is 0 Å². The highest BCUT2D eigenvalue weighted by atomic mass is 16.1. The molecule has 0 spiro atoms. The van der Waals surface area contributed by atoms with Crippen molar-refractivity contribution >= 4 is 17.5 Å². The standard InChI is InChI=1S/C14H20N4O/c1-15-13-12-10(6-5-7-11(12)19)16-14(17-13)18-8-3-2-4-9-18/h2-9H2,1H3,(H,15,16,17). The van der Waals surface area contributed by atoms with Crippen molar-refractivity contribution in [3.8, 4) is 0 Å². The highest BCUT2D eigenvalue weighted by Crippen LogP contribution is 2.28. The molecule has 0 bridgehead atoms. The van der Waals surface area contributed by atoms with Gasteiger partial charge in [-0.25, -0.2) is 4.98 Å². The van der Waals surface area contributed by atoms with Gasteiger partial charge in [0.05, 0.1) is 11.3 Å². The van der Waals surface area contributed by atoms with E-state index in [0.29, 0.717) is 12.2 Å². The number of hydrogen-bond donors (Lipinski definition) is 1. The number of carbonyl (C=O) groups is 1. The molecule has 1 aliphatic heterocycles. The Labute approximate surface area is 113 Å². The number of hydrogen-bond acceptors (Lipinski definition) is 5. The molecule has 1 saturated heterocycles. The van der Waals surface area contributed by atoms with Gasteiger partial charge in [-0.2, -0.15) is 4.98 Å². The minimum Gasteiger partial charge on any atom is -0.372 e. The van der Waals surface area contributed by atoms with Gasteiger partial charge in [-0.05, 0) is 32.1 Å². The molecular weight excluding hydrogens is 240 g/mol. The molecule has 1 aliphatic carbocycles. The molecule has 0 aromatic carbocycles. The van der Waals surface area contributed by atoms with E-state index in [4.69, 9.17) is 0 Å². The molecule has 2 heterocycles. The minimum atomic E-state index is 0.177. The van der Waals surface area contributed by atoms with E-state index in [1.54, 1.807) is 0 Å². The van der Waals surface area contributed by atoms with Crippen molar-refractivity contribution in [3.05, 3.63) is 11.3 Å². The van der Waals surface area contributed by atoms with Gasteiger partial charge in [-0.3, -0.25) is 4.79 Å². The quantitative estimate of drug-likeness (QED) is 0.881. The second kappa shape index (κ2) is 5.15. The largest absolute Gasteiger partial charge is 0.372 e. The Morgan fingerprint density at radius 1 is 1.05 bits per heavy atom. The van der Waals surface area contributed by atoms with Gasteiger partial charge in [-0.15, -0.1) is 0 Å². The van der Waals surface area contributed by atoms with E-state index < -0.39 is 0 Å². The highest BCUT2D eigenvalue weighted by Gasteiger charge is 2.25. The van der Waals surface area contributed by atoms with Gasteiger partial charge in [0.1, 0.15) is 5.82 Å². The Morgan fingerprint density at radius 2 is 1.84 bits per heavy atom. The lowest BCUT2D eigenvalue weighted by atomic mass is 9.95. The van der Waals surface area contributed by atoms with Gasteiger partial charge in [0.15, 0.2) is 5.78 Å². The fourth-order valence-electron chi connectivity index (χ4n) is 2.93. The van der Waals surface area contributed by atoms with Crippen LogP contribution in [-0.4, -0.2) is 35.9 Å². The van der Waals surface area contributed by atoms with Crippen molar-refractivity contribution in [1.82, 2.24) is 9.97 Å². The van der Waals surface area contributed by atoms with Gasteiger partial charge in [-0.1, -0.05) is 0 Å². The Hall–Kier alpha value is -1.65. The molecule has 102 valence electrons.